The molecule has 1 heterocycles. The monoisotopic (exact) mass is 195 g/mol. The van der Waals surface area contributed by atoms with Crippen LogP contribution in [0.15, 0.2) is 18.2 Å². The van der Waals surface area contributed by atoms with Gasteiger partial charge in [0.05, 0.1) is 19.3 Å². The molecule has 0 bridgehead atoms. The van der Waals surface area contributed by atoms with Gasteiger partial charge >= 0.3 is 0 Å². The van der Waals surface area contributed by atoms with Gasteiger partial charge in [0.2, 0.25) is 0 Å². The van der Waals surface area contributed by atoms with Crippen LogP contribution in [0.5, 0.6) is 11.5 Å². The van der Waals surface area contributed by atoms with E-state index >= 15 is 0 Å². The maximum absolute atomic E-state index is 9.31. The Morgan fingerprint density at radius 1 is 1.29 bits per heavy atom. The van der Waals surface area contributed by atoms with Gasteiger partial charge in [-0.1, -0.05) is 6.07 Å². The lowest BCUT2D eigenvalue weighted by atomic mass is 10.1. The van der Waals surface area contributed by atoms with Gasteiger partial charge in [-0.15, -0.1) is 0 Å². The molecule has 0 amide bonds. The maximum atomic E-state index is 9.31. The summed E-state index contributed by atoms with van der Waals surface area (Å²) in [6, 6.07) is 4.93. The number of phenols is 2. The first-order valence-corrected chi connectivity index (χ1v) is 4.60. The van der Waals surface area contributed by atoms with Crippen molar-refractivity contribution < 1.29 is 14.9 Å². The molecule has 1 aromatic carbocycles. The van der Waals surface area contributed by atoms with E-state index in [9.17, 15) is 5.11 Å². The van der Waals surface area contributed by atoms with Gasteiger partial charge in [0, 0.05) is 6.54 Å². The highest BCUT2D eigenvalue weighted by Gasteiger charge is 2.15. The van der Waals surface area contributed by atoms with Crippen LogP contribution in [0.25, 0.3) is 0 Å². The molecule has 1 unspecified atom stereocenters. The molecule has 0 spiro atoms. The number of nitrogens with one attached hydrogen (secondary N) is 1. The fraction of sp³-hybridized carbons (Fsp3) is 0.400. The number of aromatic hydroxyl groups is 2. The first-order valence-electron chi connectivity index (χ1n) is 4.60. The Labute approximate surface area is 82.1 Å². The van der Waals surface area contributed by atoms with Gasteiger partial charge in [-0.2, -0.15) is 0 Å². The highest BCUT2D eigenvalue weighted by molar-refractivity contribution is 5.41. The number of benzene rings is 1. The van der Waals surface area contributed by atoms with Crippen LogP contribution in [0, 0.1) is 0 Å². The highest BCUT2D eigenvalue weighted by Crippen LogP contribution is 2.28. The summed E-state index contributed by atoms with van der Waals surface area (Å²) >= 11 is 0. The van der Waals surface area contributed by atoms with Crippen LogP contribution in [0.2, 0.25) is 0 Å². The number of ether oxygens (including phenoxy) is 1. The van der Waals surface area contributed by atoms with Crippen LogP contribution in [-0.4, -0.2) is 30.0 Å². The second kappa shape index (κ2) is 3.86. The SMILES string of the molecule is Oc1ccc(C2COCCN2)cc1O. The molecule has 14 heavy (non-hydrogen) atoms. The zero-order valence-corrected chi connectivity index (χ0v) is 7.73. The molecule has 1 fully saturated rings. The third-order valence-electron chi connectivity index (χ3n) is 2.32. The van der Waals surface area contributed by atoms with Crippen molar-refractivity contribution in [2.45, 2.75) is 6.04 Å². The largest absolute Gasteiger partial charge is 0.504 e. The zero-order valence-electron chi connectivity index (χ0n) is 7.73. The molecule has 3 N–H and O–H groups in total. The molecule has 1 aliphatic rings. The van der Waals surface area contributed by atoms with Gasteiger partial charge in [0.25, 0.3) is 0 Å². The van der Waals surface area contributed by atoms with Gasteiger partial charge in [0.15, 0.2) is 11.5 Å². The van der Waals surface area contributed by atoms with Crippen LogP contribution < -0.4 is 5.32 Å². The highest BCUT2D eigenvalue weighted by atomic mass is 16.5. The Morgan fingerprint density at radius 3 is 2.79 bits per heavy atom. The zero-order chi connectivity index (χ0) is 9.97. The van der Waals surface area contributed by atoms with Crippen LogP contribution in [0.3, 0.4) is 0 Å². The van der Waals surface area contributed by atoms with Crippen molar-refractivity contribution >= 4 is 0 Å². The lowest BCUT2D eigenvalue weighted by Gasteiger charge is -2.24. The second-order valence-corrected chi connectivity index (χ2v) is 3.33. The first-order chi connectivity index (χ1) is 6.77. The molecule has 0 aromatic heterocycles. The maximum Gasteiger partial charge on any atom is 0.157 e. The van der Waals surface area contributed by atoms with Crippen molar-refractivity contribution in [2.24, 2.45) is 0 Å². The third kappa shape index (κ3) is 1.81. The fourth-order valence-electron chi connectivity index (χ4n) is 1.54. The minimum Gasteiger partial charge on any atom is -0.504 e. The number of phenolic OH excluding ortho intramolecular Hbond substituents is 2. The summed E-state index contributed by atoms with van der Waals surface area (Å²) in [5, 5.41) is 21.7. The molecule has 76 valence electrons. The molecule has 4 nitrogen and oxygen atoms in total. The molecule has 4 heteroatoms. The van der Waals surface area contributed by atoms with Crippen LogP contribution >= 0.6 is 0 Å². The molecule has 0 radical (unpaired) electrons. The van der Waals surface area contributed by atoms with E-state index < -0.39 is 0 Å². The summed E-state index contributed by atoms with van der Waals surface area (Å²) in [6.45, 7) is 2.14. The molecular weight excluding hydrogens is 182 g/mol. The van der Waals surface area contributed by atoms with Crippen molar-refractivity contribution in [1.82, 2.24) is 5.32 Å². The predicted octanol–water partition coefficient (Wildman–Crippen LogP) is 0.759. The Hall–Kier alpha value is -1.26. The average molecular weight is 195 g/mol. The van der Waals surface area contributed by atoms with Crippen molar-refractivity contribution in [2.75, 3.05) is 19.8 Å². The molecule has 0 saturated carbocycles. The van der Waals surface area contributed by atoms with E-state index in [4.69, 9.17) is 9.84 Å². The lowest BCUT2D eigenvalue weighted by molar-refractivity contribution is 0.0768. The normalized spacial score (nSPS) is 22.1. The van der Waals surface area contributed by atoms with E-state index in [0.717, 1.165) is 18.7 Å². The Morgan fingerprint density at radius 2 is 2.14 bits per heavy atom. The molecule has 1 atom stereocenters. The van der Waals surface area contributed by atoms with Crippen molar-refractivity contribution in [3.63, 3.8) is 0 Å². The Bertz CT molecular complexity index is 321. The van der Waals surface area contributed by atoms with E-state index in [-0.39, 0.29) is 17.5 Å². The minimum atomic E-state index is -0.0922. The number of hydrogen-bond acceptors (Lipinski definition) is 4. The van der Waals surface area contributed by atoms with Crippen LogP contribution in [0.4, 0.5) is 0 Å². The van der Waals surface area contributed by atoms with Gasteiger partial charge in [-0.25, -0.2) is 0 Å². The van der Waals surface area contributed by atoms with Crippen molar-refractivity contribution in [3.8, 4) is 11.5 Å². The van der Waals surface area contributed by atoms with E-state index in [1.165, 1.54) is 6.07 Å². The van der Waals surface area contributed by atoms with E-state index in [2.05, 4.69) is 5.32 Å². The summed E-state index contributed by atoms with van der Waals surface area (Å²) < 4.78 is 5.30. The van der Waals surface area contributed by atoms with Gasteiger partial charge < -0.3 is 20.3 Å². The summed E-state index contributed by atoms with van der Waals surface area (Å²) in [5.74, 6) is -0.180. The number of rotatable bonds is 1. The standard InChI is InChI=1S/C10H13NO3/c12-9-2-1-7(5-10(9)13)8-6-14-4-3-11-8/h1-2,5,8,11-13H,3-4,6H2. The Kier molecular flexibility index (Phi) is 2.56. The molecule has 2 rings (SSSR count). The smallest absolute Gasteiger partial charge is 0.157 e. The lowest BCUT2D eigenvalue weighted by Crippen LogP contribution is -2.34. The van der Waals surface area contributed by atoms with E-state index in [0.29, 0.717) is 6.61 Å². The van der Waals surface area contributed by atoms with Crippen LogP contribution in [0.1, 0.15) is 11.6 Å². The molecule has 1 aliphatic heterocycles. The Balaban J connectivity index is 2.18. The summed E-state index contributed by atoms with van der Waals surface area (Å²) in [4.78, 5) is 0. The molecule has 1 aromatic rings. The van der Waals surface area contributed by atoms with Gasteiger partial charge in [-0.05, 0) is 17.7 Å². The summed E-state index contributed by atoms with van der Waals surface area (Å²) in [7, 11) is 0. The first kappa shape index (κ1) is 9.30. The van der Waals surface area contributed by atoms with E-state index in [1.54, 1.807) is 12.1 Å². The quantitative estimate of drug-likeness (QED) is 0.579. The second-order valence-electron chi connectivity index (χ2n) is 3.33. The van der Waals surface area contributed by atoms with Gasteiger partial charge in [0.1, 0.15) is 0 Å². The average Bonchev–Trinajstić information content (AvgIpc) is 2.23. The number of morpholine rings is 1. The van der Waals surface area contributed by atoms with Crippen molar-refractivity contribution in [1.29, 1.82) is 0 Å². The predicted molar refractivity (Wildman–Crippen MR) is 51.3 cm³/mol. The third-order valence-corrected chi connectivity index (χ3v) is 2.32. The van der Waals surface area contributed by atoms with Crippen LogP contribution in [-0.2, 0) is 4.74 Å². The molecule has 1 saturated heterocycles. The van der Waals surface area contributed by atoms with Crippen molar-refractivity contribution in [3.05, 3.63) is 23.8 Å². The van der Waals surface area contributed by atoms with E-state index in [1.807, 2.05) is 0 Å². The van der Waals surface area contributed by atoms with Gasteiger partial charge in [-0.3, -0.25) is 0 Å². The topological polar surface area (TPSA) is 61.7 Å². The minimum absolute atomic E-state index is 0.0881. The summed E-state index contributed by atoms with van der Waals surface area (Å²) in [5.41, 5.74) is 0.931. The molecular formula is C10H13NO3. The fourth-order valence-corrected chi connectivity index (χ4v) is 1.54. The molecule has 0 aliphatic carbocycles. The number of hydrogen-bond donors (Lipinski definition) is 3. The summed E-state index contributed by atoms with van der Waals surface area (Å²) in [6.07, 6.45) is 0.